The summed E-state index contributed by atoms with van der Waals surface area (Å²) in [5.74, 6) is -0.256. The van der Waals surface area contributed by atoms with Gasteiger partial charge in [0.15, 0.2) is 5.11 Å². The van der Waals surface area contributed by atoms with Crippen molar-refractivity contribution in [1.29, 1.82) is 0 Å². The Bertz CT molecular complexity index is 1020. The van der Waals surface area contributed by atoms with Crippen molar-refractivity contribution < 1.29 is 19.1 Å². The second kappa shape index (κ2) is 8.18. The molecule has 0 atom stereocenters. The number of hydrogen-bond donors (Lipinski definition) is 1. The number of anilines is 1. The molecule has 3 rings (SSSR count). The van der Waals surface area contributed by atoms with E-state index in [4.69, 9.17) is 44.9 Å². The van der Waals surface area contributed by atoms with Crippen molar-refractivity contribution in [1.82, 2.24) is 5.32 Å². The fourth-order valence-electron chi connectivity index (χ4n) is 2.65. The van der Waals surface area contributed by atoms with Crippen LogP contribution in [0.1, 0.15) is 5.56 Å². The number of carbonyl (C=O) groups excluding carboxylic acids is 2. The minimum absolute atomic E-state index is 0.0890. The van der Waals surface area contributed by atoms with Crippen molar-refractivity contribution in [2.45, 2.75) is 0 Å². The highest BCUT2D eigenvalue weighted by Gasteiger charge is 2.35. The highest BCUT2D eigenvalue weighted by Crippen LogP contribution is 2.35. The van der Waals surface area contributed by atoms with E-state index in [1.807, 2.05) is 0 Å². The summed E-state index contributed by atoms with van der Waals surface area (Å²) in [7, 11) is 3.00. The largest absolute Gasteiger partial charge is 0.497 e. The van der Waals surface area contributed by atoms with Gasteiger partial charge in [0.1, 0.15) is 17.1 Å². The average molecular weight is 437 g/mol. The number of nitrogens with one attached hydrogen (secondary N) is 1. The van der Waals surface area contributed by atoms with Crippen molar-refractivity contribution in [2.24, 2.45) is 0 Å². The molecule has 28 heavy (non-hydrogen) atoms. The minimum atomic E-state index is -0.636. The Hall–Kier alpha value is -2.61. The van der Waals surface area contributed by atoms with E-state index >= 15 is 0 Å². The van der Waals surface area contributed by atoms with Crippen LogP contribution in [-0.2, 0) is 9.59 Å². The van der Waals surface area contributed by atoms with Gasteiger partial charge in [-0.3, -0.25) is 19.8 Å². The van der Waals surface area contributed by atoms with Crippen LogP contribution in [0.3, 0.4) is 0 Å². The summed E-state index contributed by atoms with van der Waals surface area (Å²) in [5, 5.41) is 2.81. The third-order valence-electron chi connectivity index (χ3n) is 4.01. The average Bonchev–Trinajstić information content (AvgIpc) is 2.68. The fourth-order valence-corrected chi connectivity index (χ4v) is 3.30. The Morgan fingerprint density at radius 3 is 2.54 bits per heavy atom. The van der Waals surface area contributed by atoms with Gasteiger partial charge in [0.2, 0.25) is 0 Å². The monoisotopic (exact) mass is 436 g/mol. The number of halogens is 2. The highest BCUT2D eigenvalue weighted by molar-refractivity contribution is 7.80. The summed E-state index contributed by atoms with van der Waals surface area (Å²) in [4.78, 5) is 26.7. The molecule has 2 aromatic carbocycles. The van der Waals surface area contributed by atoms with Gasteiger partial charge in [-0.2, -0.15) is 0 Å². The molecule has 144 valence electrons. The molecule has 0 aliphatic carbocycles. The van der Waals surface area contributed by atoms with Crippen LogP contribution in [0.5, 0.6) is 11.5 Å². The zero-order valence-electron chi connectivity index (χ0n) is 14.8. The molecule has 1 heterocycles. The third-order valence-corrected chi connectivity index (χ3v) is 5.10. The summed E-state index contributed by atoms with van der Waals surface area (Å²) in [6, 6.07) is 9.82. The van der Waals surface area contributed by atoms with Gasteiger partial charge in [0, 0.05) is 5.56 Å². The lowest BCUT2D eigenvalue weighted by atomic mass is 10.1. The van der Waals surface area contributed by atoms with Crippen molar-refractivity contribution >= 4 is 64.1 Å². The first kappa shape index (κ1) is 20.1. The van der Waals surface area contributed by atoms with Gasteiger partial charge in [-0.1, -0.05) is 29.3 Å². The Morgan fingerprint density at radius 1 is 1.11 bits per heavy atom. The molecular weight excluding hydrogens is 423 g/mol. The predicted molar refractivity (Wildman–Crippen MR) is 112 cm³/mol. The van der Waals surface area contributed by atoms with Gasteiger partial charge in [0.05, 0.1) is 30.0 Å². The van der Waals surface area contributed by atoms with Crippen LogP contribution in [0.15, 0.2) is 42.0 Å². The molecule has 0 saturated carbocycles. The maximum absolute atomic E-state index is 13.1. The van der Waals surface area contributed by atoms with E-state index in [-0.39, 0.29) is 26.4 Å². The zero-order valence-corrected chi connectivity index (χ0v) is 17.1. The number of rotatable bonds is 4. The lowest BCUT2D eigenvalue weighted by molar-refractivity contribution is -0.122. The van der Waals surface area contributed by atoms with Crippen LogP contribution < -0.4 is 19.7 Å². The summed E-state index contributed by atoms with van der Waals surface area (Å²) >= 11 is 17.5. The van der Waals surface area contributed by atoms with Crippen molar-refractivity contribution in [2.75, 3.05) is 19.1 Å². The number of amides is 2. The van der Waals surface area contributed by atoms with E-state index in [0.717, 1.165) is 4.90 Å². The highest BCUT2D eigenvalue weighted by atomic mass is 35.5. The molecule has 0 spiro atoms. The van der Waals surface area contributed by atoms with E-state index in [1.165, 1.54) is 20.3 Å². The Morgan fingerprint density at radius 2 is 1.86 bits per heavy atom. The first-order chi connectivity index (χ1) is 13.4. The second-order valence-corrected chi connectivity index (χ2v) is 6.81. The first-order valence-electron chi connectivity index (χ1n) is 7.95. The number of thiocarbonyl (C=S) groups is 1. The van der Waals surface area contributed by atoms with E-state index in [9.17, 15) is 9.59 Å². The van der Waals surface area contributed by atoms with Gasteiger partial charge in [-0.05, 0) is 48.6 Å². The summed E-state index contributed by atoms with van der Waals surface area (Å²) in [5.41, 5.74) is 0.620. The Balaban J connectivity index is 2.11. The molecule has 2 aromatic rings. The summed E-state index contributed by atoms with van der Waals surface area (Å²) in [6.07, 6.45) is 1.41. The van der Waals surface area contributed by atoms with Crippen molar-refractivity contribution in [3.63, 3.8) is 0 Å². The number of carbonyl (C=O) groups is 2. The lowest BCUT2D eigenvalue weighted by Crippen LogP contribution is -2.54. The van der Waals surface area contributed by atoms with Crippen LogP contribution in [0.4, 0.5) is 5.69 Å². The molecule has 6 nitrogen and oxygen atoms in total. The molecule has 0 bridgehead atoms. The number of methoxy groups -OCH3 is 2. The normalized spacial score (nSPS) is 15.6. The quantitative estimate of drug-likeness (QED) is 0.447. The van der Waals surface area contributed by atoms with Crippen molar-refractivity contribution in [3.8, 4) is 11.5 Å². The zero-order chi connectivity index (χ0) is 20.4. The van der Waals surface area contributed by atoms with Crippen LogP contribution in [-0.4, -0.2) is 31.1 Å². The molecule has 1 saturated heterocycles. The molecule has 1 aliphatic rings. The van der Waals surface area contributed by atoms with Gasteiger partial charge in [0.25, 0.3) is 11.8 Å². The Labute approximate surface area is 176 Å². The molecule has 1 aliphatic heterocycles. The molecule has 0 unspecified atom stereocenters. The predicted octanol–water partition coefficient (Wildman–Crippen LogP) is 3.84. The summed E-state index contributed by atoms with van der Waals surface area (Å²) < 4.78 is 10.5. The smallest absolute Gasteiger partial charge is 0.270 e. The van der Waals surface area contributed by atoms with Crippen LogP contribution in [0.25, 0.3) is 6.08 Å². The van der Waals surface area contributed by atoms with Gasteiger partial charge in [-0.15, -0.1) is 0 Å². The van der Waals surface area contributed by atoms with Crippen LogP contribution >= 0.6 is 35.4 Å². The standard InChI is InChI=1S/C19H14Cl2N2O4S/c1-26-11-6-7-15(27-2)10(8-11)9-12-17(24)22-19(28)23(18(12)25)14-5-3-4-13(20)16(14)21/h3-9H,1-2H3,(H,22,24,28)/b12-9+. The number of nitrogens with zero attached hydrogens (tertiary/aromatic N) is 1. The third kappa shape index (κ3) is 3.69. The maximum atomic E-state index is 13.1. The van der Waals surface area contributed by atoms with E-state index in [1.54, 1.807) is 36.4 Å². The molecule has 0 aromatic heterocycles. The SMILES string of the molecule is COc1ccc(OC)c(/C=C2\C(=O)NC(=S)N(c3cccc(Cl)c3Cl)C2=O)c1. The van der Waals surface area contributed by atoms with Gasteiger partial charge < -0.3 is 9.47 Å². The van der Waals surface area contributed by atoms with E-state index < -0.39 is 11.8 Å². The number of benzene rings is 2. The number of hydrogen-bond acceptors (Lipinski definition) is 5. The lowest BCUT2D eigenvalue weighted by Gasteiger charge is -2.29. The molecule has 1 fully saturated rings. The topological polar surface area (TPSA) is 67.9 Å². The van der Waals surface area contributed by atoms with E-state index in [2.05, 4.69) is 5.32 Å². The summed E-state index contributed by atoms with van der Waals surface area (Å²) in [6.45, 7) is 0. The van der Waals surface area contributed by atoms with Crippen LogP contribution in [0.2, 0.25) is 10.0 Å². The minimum Gasteiger partial charge on any atom is -0.497 e. The molecule has 1 N–H and O–H groups in total. The number of ether oxygens (including phenoxy) is 2. The first-order valence-corrected chi connectivity index (χ1v) is 9.11. The second-order valence-electron chi connectivity index (χ2n) is 5.64. The van der Waals surface area contributed by atoms with Gasteiger partial charge >= 0.3 is 0 Å². The van der Waals surface area contributed by atoms with Crippen LogP contribution in [0, 0.1) is 0 Å². The molecular formula is C19H14Cl2N2O4S. The van der Waals surface area contributed by atoms with E-state index in [0.29, 0.717) is 17.1 Å². The molecule has 0 radical (unpaired) electrons. The van der Waals surface area contributed by atoms with Crippen molar-refractivity contribution in [3.05, 3.63) is 57.6 Å². The molecule has 9 heteroatoms. The Kier molecular flexibility index (Phi) is 5.88. The molecule has 2 amide bonds. The fraction of sp³-hybridized carbons (Fsp3) is 0.105. The maximum Gasteiger partial charge on any atom is 0.270 e. The van der Waals surface area contributed by atoms with Gasteiger partial charge in [-0.25, -0.2) is 0 Å².